The predicted molar refractivity (Wildman–Crippen MR) is 74.4 cm³/mol. The van der Waals surface area contributed by atoms with Crippen LogP contribution < -0.4 is 15.2 Å². The number of rotatable bonds is 3. The van der Waals surface area contributed by atoms with Gasteiger partial charge in [0, 0.05) is 12.0 Å². The van der Waals surface area contributed by atoms with Crippen molar-refractivity contribution in [3.8, 4) is 11.5 Å². The summed E-state index contributed by atoms with van der Waals surface area (Å²) in [5, 5.41) is 0. The van der Waals surface area contributed by atoms with Gasteiger partial charge in [0.1, 0.15) is 11.9 Å². The van der Waals surface area contributed by atoms with Gasteiger partial charge in [-0.1, -0.05) is 30.3 Å². The van der Waals surface area contributed by atoms with Crippen LogP contribution in [0.5, 0.6) is 11.5 Å². The van der Waals surface area contributed by atoms with Gasteiger partial charge in [-0.05, 0) is 17.7 Å². The molecule has 104 valence electrons. The van der Waals surface area contributed by atoms with Crippen LogP contribution in [-0.4, -0.2) is 13.2 Å². The fourth-order valence-electron chi connectivity index (χ4n) is 2.55. The molecule has 0 fully saturated rings. The number of methoxy groups -OCH3 is 1. The minimum Gasteiger partial charge on any atom is -0.494 e. The lowest BCUT2D eigenvalue weighted by atomic mass is 9.98. The Labute approximate surface area is 117 Å². The third kappa shape index (κ3) is 2.12. The molecule has 2 atom stereocenters. The molecule has 0 aromatic heterocycles. The summed E-state index contributed by atoms with van der Waals surface area (Å²) in [5.74, 6) is 0.617. The molecule has 0 bridgehead atoms. The molecule has 0 radical (unpaired) electrons. The highest BCUT2D eigenvalue weighted by molar-refractivity contribution is 5.40. The van der Waals surface area contributed by atoms with Crippen LogP contribution in [0.15, 0.2) is 42.5 Å². The normalized spacial score (nSPS) is 18.2. The largest absolute Gasteiger partial charge is 0.494 e. The molecule has 1 heterocycles. The minimum absolute atomic E-state index is 0.202. The molecule has 2 N–H and O–H groups in total. The van der Waals surface area contributed by atoms with Gasteiger partial charge in [0.25, 0.3) is 0 Å². The first-order valence-corrected chi connectivity index (χ1v) is 6.53. The smallest absolute Gasteiger partial charge is 0.169 e. The van der Waals surface area contributed by atoms with Gasteiger partial charge in [-0.25, -0.2) is 4.39 Å². The van der Waals surface area contributed by atoms with E-state index in [4.69, 9.17) is 15.2 Å². The number of ether oxygens (including phenoxy) is 2. The maximum Gasteiger partial charge on any atom is 0.169 e. The van der Waals surface area contributed by atoms with Crippen molar-refractivity contribution in [1.82, 2.24) is 0 Å². The molecule has 1 aliphatic rings. The van der Waals surface area contributed by atoms with Crippen molar-refractivity contribution in [2.45, 2.75) is 18.6 Å². The summed E-state index contributed by atoms with van der Waals surface area (Å²) >= 11 is 0. The highest BCUT2D eigenvalue weighted by atomic mass is 19.1. The van der Waals surface area contributed by atoms with Crippen molar-refractivity contribution in [2.24, 2.45) is 5.73 Å². The van der Waals surface area contributed by atoms with E-state index in [0.29, 0.717) is 12.0 Å². The predicted octanol–water partition coefficient (Wildman–Crippen LogP) is 2.84. The Hall–Kier alpha value is -2.07. The van der Waals surface area contributed by atoms with E-state index in [1.54, 1.807) is 18.2 Å². The molecule has 2 aromatic rings. The van der Waals surface area contributed by atoms with Gasteiger partial charge in [0.2, 0.25) is 0 Å². The second-order valence-electron chi connectivity index (χ2n) is 4.86. The molecular formula is C16H16FNO2. The third-order valence-electron chi connectivity index (χ3n) is 3.64. The van der Waals surface area contributed by atoms with Crippen LogP contribution in [0.3, 0.4) is 0 Å². The zero-order valence-electron chi connectivity index (χ0n) is 11.2. The Bertz CT molecular complexity index is 605. The summed E-state index contributed by atoms with van der Waals surface area (Å²) in [6, 6.07) is 12.2. The van der Waals surface area contributed by atoms with Crippen LogP contribution in [-0.2, 0) is 6.42 Å². The molecule has 0 amide bonds. The van der Waals surface area contributed by atoms with Crippen molar-refractivity contribution in [3.63, 3.8) is 0 Å². The van der Waals surface area contributed by atoms with Gasteiger partial charge < -0.3 is 15.2 Å². The Morgan fingerprint density at radius 1 is 1.25 bits per heavy atom. The van der Waals surface area contributed by atoms with Crippen LogP contribution in [0.25, 0.3) is 0 Å². The van der Waals surface area contributed by atoms with Crippen molar-refractivity contribution < 1.29 is 13.9 Å². The molecule has 0 spiro atoms. The quantitative estimate of drug-likeness (QED) is 0.935. The number of hydrogen-bond acceptors (Lipinski definition) is 3. The van der Waals surface area contributed by atoms with E-state index in [1.807, 2.05) is 24.3 Å². The molecule has 0 aliphatic carbocycles. The molecule has 20 heavy (non-hydrogen) atoms. The average molecular weight is 273 g/mol. The Balaban J connectivity index is 1.86. The summed E-state index contributed by atoms with van der Waals surface area (Å²) in [5.41, 5.74) is 7.71. The number of hydrogen-bond donors (Lipinski definition) is 1. The standard InChI is InChI=1S/C16H16FNO2/c1-19-13-8-4-6-11(15(13)17)16(18)14-9-10-5-2-3-7-12(10)20-14/h2-8,14,16H,9,18H2,1H3. The summed E-state index contributed by atoms with van der Waals surface area (Å²) in [6.45, 7) is 0. The van der Waals surface area contributed by atoms with Crippen molar-refractivity contribution in [1.29, 1.82) is 0 Å². The van der Waals surface area contributed by atoms with Crippen LogP contribution in [0.2, 0.25) is 0 Å². The molecule has 2 unspecified atom stereocenters. The van der Waals surface area contributed by atoms with Gasteiger partial charge in [-0.3, -0.25) is 0 Å². The number of fused-ring (bicyclic) bond motifs is 1. The molecule has 0 saturated heterocycles. The highest BCUT2D eigenvalue weighted by Gasteiger charge is 2.30. The maximum atomic E-state index is 14.2. The maximum absolute atomic E-state index is 14.2. The zero-order valence-corrected chi connectivity index (χ0v) is 11.2. The van der Waals surface area contributed by atoms with E-state index in [0.717, 1.165) is 11.3 Å². The second-order valence-corrected chi connectivity index (χ2v) is 4.86. The summed E-state index contributed by atoms with van der Waals surface area (Å²) < 4.78 is 25.1. The van der Waals surface area contributed by atoms with Gasteiger partial charge in [0.05, 0.1) is 13.2 Å². The summed E-state index contributed by atoms with van der Waals surface area (Å²) in [7, 11) is 1.44. The first kappa shape index (κ1) is 12.9. The van der Waals surface area contributed by atoms with E-state index in [9.17, 15) is 4.39 Å². The van der Waals surface area contributed by atoms with Crippen LogP contribution in [0, 0.1) is 5.82 Å². The van der Waals surface area contributed by atoms with Crippen molar-refractivity contribution >= 4 is 0 Å². The first-order chi connectivity index (χ1) is 9.70. The lowest BCUT2D eigenvalue weighted by Crippen LogP contribution is -2.30. The zero-order chi connectivity index (χ0) is 14.1. The fourth-order valence-corrected chi connectivity index (χ4v) is 2.55. The van der Waals surface area contributed by atoms with E-state index in [-0.39, 0.29) is 11.9 Å². The van der Waals surface area contributed by atoms with E-state index >= 15 is 0 Å². The fraction of sp³-hybridized carbons (Fsp3) is 0.250. The second kappa shape index (κ2) is 5.13. The highest BCUT2D eigenvalue weighted by Crippen LogP contribution is 2.34. The Kier molecular flexibility index (Phi) is 3.32. The monoisotopic (exact) mass is 273 g/mol. The van der Waals surface area contributed by atoms with Gasteiger partial charge in [-0.15, -0.1) is 0 Å². The summed E-state index contributed by atoms with van der Waals surface area (Å²) in [6.07, 6.45) is 0.433. The Morgan fingerprint density at radius 3 is 2.80 bits per heavy atom. The first-order valence-electron chi connectivity index (χ1n) is 6.53. The van der Waals surface area contributed by atoms with Crippen LogP contribution >= 0.6 is 0 Å². The summed E-state index contributed by atoms with van der Waals surface area (Å²) in [4.78, 5) is 0. The number of para-hydroxylation sites is 1. The van der Waals surface area contributed by atoms with Crippen molar-refractivity contribution in [3.05, 3.63) is 59.4 Å². The molecule has 2 aromatic carbocycles. The van der Waals surface area contributed by atoms with Gasteiger partial charge in [-0.2, -0.15) is 0 Å². The number of halogens is 1. The topological polar surface area (TPSA) is 44.5 Å². The molecule has 4 heteroatoms. The lowest BCUT2D eigenvalue weighted by Gasteiger charge is -2.20. The molecular weight excluding hydrogens is 257 g/mol. The van der Waals surface area contributed by atoms with Gasteiger partial charge in [0.15, 0.2) is 11.6 Å². The van der Waals surface area contributed by atoms with Crippen LogP contribution in [0.4, 0.5) is 4.39 Å². The van der Waals surface area contributed by atoms with E-state index in [1.165, 1.54) is 7.11 Å². The molecule has 0 saturated carbocycles. The van der Waals surface area contributed by atoms with Crippen molar-refractivity contribution in [2.75, 3.05) is 7.11 Å². The van der Waals surface area contributed by atoms with E-state index < -0.39 is 11.9 Å². The Morgan fingerprint density at radius 2 is 2.05 bits per heavy atom. The average Bonchev–Trinajstić information content (AvgIpc) is 2.90. The molecule has 3 nitrogen and oxygen atoms in total. The number of benzene rings is 2. The molecule has 3 rings (SSSR count). The van der Waals surface area contributed by atoms with Gasteiger partial charge >= 0.3 is 0 Å². The molecule has 1 aliphatic heterocycles. The van der Waals surface area contributed by atoms with E-state index in [2.05, 4.69) is 0 Å². The third-order valence-corrected chi connectivity index (χ3v) is 3.64. The minimum atomic E-state index is -0.530. The SMILES string of the molecule is COc1cccc(C(N)C2Cc3ccccc3O2)c1F. The number of nitrogens with two attached hydrogens (primary N) is 1. The van der Waals surface area contributed by atoms with Crippen LogP contribution in [0.1, 0.15) is 17.2 Å². The lowest BCUT2D eigenvalue weighted by molar-refractivity contribution is 0.197.